The van der Waals surface area contributed by atoms with E-state index >= 15 is 0 Å². The quantitative estimate of drug-likeness (QED) is 0.464. The van der Waals surface area contributed by atoms with E-state index in [9.17, 15) is 0 Å². The predicted octanol–water partition coefficient (Wildman–Crippen LogP) is 5.45. The number of thiophene rings is 1. The molecular formula is C24H29N5S. The van der Waals surface area contributed by atoms with E-state index in [1.807, 2.05) is 15.9 Å². The number of fused-ring (bicyclic) bond motifs is 4. The Kier molecular flexibility index (Phi) is 3.97. The van der Waals surface area contributed by atoms with Crippen molar-refractivity contribution in [3.05, 3.63) is 39.7 Å². The molecule has 4 aromatic rings. The van der Waals surface area contributed by atoms with Gasteiger partial charge >= 0.3 is 0 Å². The summed E-state index contributed by atoms with van der Waals surface area (Å²) in [5.74, 6) is 2.01. The lowest BCUT2D eigenvalue weighted by molar-refractivity contribution is 0.452. The van der Waals surface area contributed by atoms with Crippen LogP contribution in [0.5, 0.6) is 0 Å². The van der Waals surface area contributed by atoms with Gasteiger partial charge in [-0.3, -0.25) is 0 Å². The summed E-state index contributed by atoms with van der Waals surface area (Å²) in [6.07, 6.45) is 6.49. The molecule has 3 atom stereocenters. The van der Waals surface area contributed by atoms with Crippen LogP contribution in [-0.4, -0.2) is 32.2 Å². The second-order valence-electron chi connectivity index (χ2n) is 9.64. The van der Waals surface area contributed by atoms with E-state index in [4.69, 9.17) is 0 Å². The summed E-state index contributed by atoms with van der Waals surface area (Å²) in [4.78, 5) is 11.2. The molecule has 0 radical (unpaired) electrons. The third kappa shape index (κ3) is 2.44. The molecular weight excluding hydrogens is 390 g/mol. The molecule has 2 bridgehead atoms. The van der Waals surface area contributed by atoms with Gasteiger partial charge in [0.25, 0.3) is 0 Å². The first-order valence-electron chi connectivity index (χ1n) is 11.1. The maximum absolute atomic E-state index is 4.43. The highest BCUT2D eigenvalue weighted by molar-refractivity contribution is 7.19. The number of rotatable bonds is 3. The fourth-order valence-electron chi connectivity index (χ4n) is 5.99. The van der Waals surface area contributed by atoms with Gasteiger partial charge in [-0.15, -0.1) is 11.3 Å². The summed E-state index contributed by atoms with van der Waals surface area (Å²) >= 11 is 1.99. The van der Waals surface area contributed by atoms with Crippen LogP contribution in [0.1, 0.15) is 65.7 Å². The number of hydrogen-bond donors (Lipinski definition) is 2. The SMILES string of the molecule is Cc1c(-c2[nH]c3sc(C4C[C@@H]5CN[C@H]4C5)c(C)c3c2C(C)C)cn2ncnc2c1C. The van der Waals surface area contributed by atoms with Crippen LogP contribution in [0.25, 0.3) is 27.1 Å². The highest BCUT2D eigenvalue weighted by Crippen LogP contribution is 2.50. The van der Waals surface area contributed by atoms with Crippen LogP contribution in [0, 0.1) is 26.7 Å². The Morgan fingerprint density at radius 1 is 1.13 bits per heavy atom. The molecule has 0 aromatic carbocycles. The molecule has 30 heavy (non-hydrogen) atoms. The maximum atomic E-state index is 4.43. The largest absolute Gasteiger partial charge is 0.346 e. The Balaban J connectivity index is 1.56. The van der Waals surface area contributed by atoms with E-state index in [0.29, 0.717) is 17.9 Å². The van der Waals surface area contributed by atoms with Gasteiger partial charge in [-0.05, 0) is 74.2 Å². The zero-order valence-corrected chi connectivity index (χ0v) is 19.2. The van der Waals surface area contributed by atoms with Gasteiger partial charge in [-0.2, -0.15) is 5.10 Å². The Hall–Kier alpha value is -2.18. The van der Waals surface area contributed by atoms with Crippen LogP contribution in [0.4, 0.5) is 0 Å². The smallest absolute Gasteiger partial charge is 0.158 e. The molecule has 4 aromatic heterocycles. The first-order chi connectivity index (χ1) is 14.4. The highest BCUT2D eigenvalue weighted by atomic mass is 32.1. The number of piperidine rings is 1. The number of aromatic amines is 1. The van der Waals surface area contributed by atoms with Crippen LogP contribution in [0.3, 0.4) is 0 Å². The molecule has 0 spiro atoms. The summed E-state index contributed by atoms with van der Waals surface area (Å²) in [5, 5.41) is 9.62. The number of hydrogen-bond acceptors (Lipinski definition) is 4. The normalized spacial score (nSPS) is 23.6. The number of H-pyrrole nitrogens is 1. The van der Waals surface area contributed by atoms with Crippen LogP contribution >= 0.6 is 11.3 Å². The van der Waals surface area contributed by atoms with Crippen molar-refractivity contribution in [2.75, 3.05) is 6.54 Å². The second kappa shape index (κ2) is 6.41. The molecule has 156 valence electrons. The molecule has 1 aliphatic carbocycles. The molecule has 1 unspecified atom stereocenters. The van der Waals surface area contributed by atoms with Crippen molar-refractivity contribution in [2.24, 2.45) is 5.92 Å². The molecule has 5 heterocycles. The Morgan fingerprint density at radius 3 is 2.67 bits per heavy atom. The Labute approximate surface area is 180 Å². The van der Waals surface area contributed by atoms with Crippen molar-refractivity contribution in [1.82, 2.24) is 24.9 Å². The first kappa shape index (κ1) is 18.6. The van der Waals surface area contributed by atoms with Gasteiger partial charge in [0, 0.05) is 34.0 Å². The summed E-state index contributed by atoms with van der Waals surface area (Å²) in [5.41, 5.74) is 8.85. The summed E-state index contributed by atoms with van der Waals surface area (Å²) in [7, 11) is 0. The van der Waals surface area contributed by atoms with E-state index in [-0.39, 0.29) is 0 Å². The summed E-state index contributed by atoms with van der Waals surface area (Å²) in [6, 6.07) is 0.679. The van der Waals surface area contributed by atoms with Gasteiger partial charge in [0.15, 0.2) is 5.65 Å². The molecule has 1 saturated heterocycles. The first-order valence-corrected chi connectivity index (χ1v) is 11.9. The molecule has 0 amide bonds. The number of nitrogens with zero attached hydrogens (tertiary/aromatic N) is 3. The lowest BCUT2D eigenvalue weighted by Gasteiger charge is -2.22. The van der Waals surface area contributed by atoms with Crippen molar-refractivity contribution in [3.8, 4) is 11.3 Å². The standard InChI is InChI=1S/C24H29N5S/c1-11(2)19-20-14(5)22(16-6-15-7-18(16)25-8-15)30-24(20)28-21(19)17-9-29-23(26-10-27-29)13(4)12(17)3/h9-11,15-16,18,25,28H,6-8H2,1-5H3/t15-,16?,18-/m0/s1. The van der Waals surface area contributed by atoms with Gasteiger partial charge in [0.2, 0.25) is 0 Å². The Bertz CT molecular complexity index is 1290. The minimum atomic E-state index is 0.444. The second-order valence-corrected chi connectivity index (χ2v) is 10.7. The van der Waals surface area contributed by atoms with Crippen LogP contribution in [-0.2, 0) is 0 Å². The van der Waals surface area contributed by atoms with Crippen molar-refractivity contribution < 1.29 is 0 Å². The third-order valence-corrected chi connectivity index (χ3v) is 8.94. The van der Waals surface area contributed by atoms with Crippen LogP contribution < -0.4 is 5.32 Å². The summed E-state index contributed by atoms with van der Waals surface area (Å²) < 4.78 is 1.91. The lowest BCUT2D eigenvalue weighted by atomic mass is 9.91. The molecule has 2 aliphatic rings. The van der Waals surface area contributed by atoms with E-state index in [1.54, 1.807) is 11.2 Å². The van der Waals surface area contributed by atoms with Crippen LogP contribution in [0.2, 0.25) is 0 Å². The maximum Gasteiger partial charge on any atom is 0.158 e. The van der Waals surface area contributed by atoms with E-state index in [1.165, 1.54) is 63.1 Å². The van der Waals surface area contributed by atoms with Gasteiger partial charge in [-0.1, -0.05) is 13.8 Å². The fourth-order valence-corrected chi connectivity index (χ4v) is 7.39. The van der Waals surface area contributed by atoms with Gasteiger partial charge < -0.3 is 10.3 Å². The average molecular weight is 420 g/mol. The molecule has 1 saturated carbocycles. The number of pyridine rings is 1. The van der Waals surface area contributed by atoms with Crippen LogP contribution in [0.15, 0.2) is 12.5 Å². The molecule has 5 nitrogen and oxygen atoms in total. The molecule has 6 rings (SSSR count). The van der Waals surface area contributed by atoms with Crippen molar-refractivity contribution >= 4 is 27.2 Å². The minimum absolute atomic E-state index is 0.444. The zero-order valence-electron chi connectivity index (χ0n) is 18.3. The van der Waals surface area contributed by atoms with Gasteiger partial charge in [0.1, 0.15) is 11.2 Å². The molecule has 1 aliphatic heterocycles. The van der Waals surface area contributed by atoms with Crippen molar-refractivity contribution in [2.45, 2.75) is 65.3 Å². The fraction of sp³-hybridized carbons (Fsp3) is 0.500. The van der Waals surface area contributed by atoms with E-state index in [2.05, 4.69) is 61.2 Å². The number of nitrogens with one attached hydrogen (secondary N) is 2. The number of aryl methyl sites for hydroxylation is 2. The van der Waals surface area contributed by atoms with Gasteiger partial charge in [0.05, 0.1) is 5.69 Å². The molecule has 2 fully saturated rings. The highest BCUT2D eigenvalue weighted by Gasteiger charge is 2.42. The monoisotopic (exact) mass is 419 g/mol. The predicted molar refractivity (Wildman–Crippen MR) is 124 cm³/mol. The van der Waals surface area contributed by atoms with Crippen molar-refractivity contribution in [3.63, 3.8) is 0 Å². The van der Waals surface area contributed by atoms with Crippen molar-refractivity contribution in [1.29, 1.82) is 0 Å². The molecule has 6 heteroatoms. The topological polar surface area (TPSA) is 58.0 Å². The zero-order chi connectivity index (χ0) is 20.7. The third-order valence-electron chi connectivity index (χ3n) is 7.60. The lowest BCUT2D eigenvalue weighted by Crippen LogP contribution is -2.31. The van der Waals surface area contributed by atoms with Gasteiger partial charge in [-0.25, -0.2) is 9.50 Å². The average Bonchev–Trinajstić information content (AvgIpc) is 3.50. The number of aromatic nitrogens is 4. The Morgan fingerprint density at radius 2 is 1.97 bits per heavy atom. The van der Waals surface area contributed by atoms with E-state index in [0.717, 1.165) is 11.6 Å². The van der Waals surface area contributed by atoms with E-state index < -0.39 is 0 Å². The summed E-state index contributed by atoms with van der Waals surface area (Å²) in [6.45, 7) is 12.6. The minimum Gasteiger partial charge on any atom is -0.346 e. The molecule has 2 N–H and O–H groups in total.